The number of halogens is 1. The molecular formula is C11H22BrN. The highest BCUT2D eigenvalue weighted by atomic mass is 79.9. The van der Waals surface area contributed by atoms with Crippen LogP contribution < -0.4 is 0 Å². The molecule has 0 saturated carbocycles. The summed E-state index contributed by atoms with van der Waals surface area (Å²) >= 11 is 3.60. The van der Waals surface area contributed by atoms with Gasteiger partial charge in [0.05, 0.1) is 0 Å². The van der Waals surface area contributed by atoms with E-state index in [0.717, 1.165) is 11.4 Å². The number of hydrogen-bond acceptors (Lipinski definition) is 1. The molecule has 78 valence electrons. The minimum absolute atomic E-state index is 0.455. The largest absolute Gasteiger partial charge is 0.303 e. The molecule has 2 heteroatoms. The first-order valence-electron chi connectivity index (χ1n) is 5.31. The van der Waals surface area contributed by atoms with Gasteiger partial charge >= 0.3 is 0 Å². The minimum Gasteiger partial charge on any atom is -0.303 e. The molecule has 1 fully saturated rings. The molecular weight excluding hydrogens is 226 g/mol. The van der Waals surface area contributed by atoms with Crippen LogP contribution in [0.15, 0.2) is 0 Å². The quantitative estimate of drug-likeness (QED) is 0.693. The normalized spacial score (nSPS) is 26.3. The first kappa shape index (κ1) is 11.5. The number of piperidine rings is 1. The molecule has 1 heterocycles. The zero-order valence-electron chi connectivity index (χ0n) is 9.15. The molecule has 0 N–H and O–H groups in total. The number of alkyl halides is 1. The minimum atomic E-state index is 0.455. The first-order chi connectivity index (χ1) is 6.05. The van der Waals surface area contributed by atoms with Gasteiger partial charge in [0.2, 0.25) is 0 Å². The van der Waals surface area contributed by atoms with Crippen molar-refractivity contribution in [2.24, 2.45) is 5.41 Å². The summed E-state index contributed by atoms with van der Waals surface area (Å²) in [6, 6.07) is 0.821. The molecule has 1 unspecified atom stereocenters. The molecule has 0 aromatic rings. The second-order valence-corrected chi connectivity index (χ2v) is 5.69. The van der Waals surface area contributed by atoms with E-state index in [2.05, 4.69) is 41.7 Å². The highest BCUT2D eigenvalue weighted by Gasteiger charge is 2.26. The summed E-state index contributed by atoms with van der Waals surface area (Å²) in [6.45, 7) is 6.00. The predicted octanol–water partition coefficient (Wildman–Crippen LogP) is 3.28. The van der Waals surface area contributed by atoms with Crippen molar-refractivity contribution in [3.8, 4) is 0 Å². The van der Waals surface area contributed by atoms with Gasteiger partial charge in [0.15, 0.2) is 0 Å². The van der Waals surface area contributed by atoms with Crippen LogP contribution in [0, 0.1) is 5.41 Å². The SMILES string of the molecule is CN1CCCCC1CC(C)(C)CBr. The fourth-order valence-electron chi connectivity index (χ4n) is 2.09. The summed E-state index contributed by atoms with van der Waals surface area (Å²) < 4.78 is 0. The summed E-state index contributed by atoms with van der Waals surface area (Å²) in [4.78, 5) is 2.54. The molecule has 1 saturated heterocycles. The van der Waals surface area contributed by atoms with Crippen molar-refractivity contribution < 1.29 is 0 Å². The zero-order valence-corrected chi connectivity index (χ0v) is 10.7. The highest BCUT2D eigenvalue weighted by Crippen LogP contribution is 2.30. The summed E-state index contributed by atoms with van der Waals surface area (Å²) in [6.07, 6.45) is 5.54. The average Bonchev–Trinajstić information content (AvgIpc) is 2.09. The molecule has 13 heavy (non-hydrogen) atoms. The van der Waals surface area contributed by atoms with E-state index in [0.29, 0.717) is 5.41 Å². The number of hydrogen-bond donors (Lipinski definition) is 0. The Labute approximate surface area is 91.0 Å². The summed E-state index contributed by atoms with van der Waals surface area (Å²) in [7, 11) is 2.27. The van der Waals surface area contributed by atoms with E-state index in [1.807, 2.05) is 0 Å². The van der Waals surface area contributed by atoms with Gasteiger partial charge in [0.1, 0.15) is 0 Å². The summed E-state index contributed by atoms with van der Waals surface area (Å²) in [5.74, 6) is 0. The molecule has 1 rings (SSSR count). The third-order valence-corrected chi connectivity index (χ3v) is 4.59. The smallest absolute Gasteiger partial charge is 0.00975 e. The summed E-state index contributed by atoms with van der Waals surface area (Å²) in [5.41, 5.74) is 0.455. The second-order valence-electron chi connectivity index (χ2n) is 5.13. The molecule has 0 radical (unpaired) electrons. The third-order valence-electron chi connectivity index (χ3n) is 3.07. The van der Waals surface area contributed by atoms with Gasteiger partial charge in [-0.1, -0.05) is 36.2 Å². The van der Waals surface area contributed by atoms with Crippen LogP contribution in [0.4, 0.5) is 0 Å². The molecule has 0 amide bonds. The van der Waals surface area contributed by atoms with E-state index >= 15 is 0 Å². The van der Waals surface area contributed by atoms with Crippen LogP contribution in [-0.2, 0) is 0 Å². The molecule has 0 bridgehead atoms. The van der Waals surface area contributed by atoms with Gasteiger partial charge < -0.3 is 4.90 Å². The van der Waals surface area contributed by atoms with Crippen molar-refractivity contribution in [1.29, 1.82) is 0 Å². The number of nitrogens with zero attached hydrogens (tertiary/aromatic N) is 1. The van der Waals surface area contributed by atoms with Crippen molar-refractivity contribution in [2.45, 2.75) is 45.6 Å². The topological polar surface area (TPSA) is 3.24 Å². The van der Waals surface area contributed by atoms with Gasteiger partial charge in [-0.3, -0.25) is 0 Å². The molecule has 1 atom stereocenters. The maximum Gasteiger partial charge on any atom is 0.00975 e. The second kappa shape index (κ2) is 4.79. The molecule has 1 aliphatic rings. The molecule has 1 aliphatic heterocycles. The maximum absolute atomic E-state index is 3.60. The van der Waals surface area contributed by atoms with E-state index in [9.17, 15) is 0 Å². The van der Waals surface area contributed by atoms with E-state index in [4.69, 9.17) is 0 Å². The van der Waals surface area contributed by atoms with Crippen LogP contribution in [0.3, 0.4) is 0 Å². The Morgan fingerprint density at radius 3 is 2.62 bits per heavy atom. The summed E-state index contributed by atoms with van der Waals surface area (Å²) in [5, 5.41) is 1.12. The van der Waals surface area contributed by atoms with Crippen LogP contribution in [-0.4, -0.2) is 29.9 Å². The number of rotatable bonds is 3. The average molecular weight is 248 g/mol. The predicted molar refractivity (Wildman–Crippen MR) is 62.5 cm³/mol. The van der Waals surface area contributed by atoms with Gasteiger partial charge in [-0.05, 0) is 38.3 Å². The van der Waals surface area contributed by atoms with Crippen LogP contribution >= 0.6 is 15.9 Å². The number of likely N-dealkylation sites (tertiary alicyclic amines) is 1. The van der Waals surface area contributed by atoms with Gasteiger partial charge in [-0.25, -0.2) is 0 Å². The van der Waals surface area contributed by atoms with Gasteiger partial charge in [0.25, 0.3) is 0 Å². The molecule has 0 aliphatic carbocycles. The van der Waals surface area contributed by atoms with Crippen molar-refractivity contribution in [1.82, 2.24) is 4.90 Å². The Balaban J connectivity index is 2.42. The fourth-order valence-corrected chi connectivity index (χ4v) is 2.32. The van der Waals surface area contributed by atoms with Crippen molar-refractivity contribution >= 4 is 15.9 Å². The highest BCUT2D eigenvalue weighted by molar-refractivity contribution is 9.09. The van der Waals surface area contributed by atoms with E-state index < -0.39 is 0 Å². The lowest BCUT2D eigenvalue weighted by Crippen LogP contribution is -2.39. The Kier molecular flexibility index (Phi) is 4.24. The van der Waals surface area contributed by atoms with Crippen LogP contribution in [0.25, 0.3) is 0 Å². The Morgan fingerprint density at radius 1 is 1.38 bits per heavy atom. The lowest BCUT2D eigenvalue weighted by molar-refractivity contribution is 0.140. The Hall–Kier alpha value is 0.440. The van der Waals surface area contributed by atoms with Crippen LogP contribution in [0.2, 0.25) is 0 Å². The van der Waals surface area contributed by atoms with Crippen LogP contribution in [0.5, 0.6) is 0 Å². The molecule has 1 nitrogen and oxygen atoms in total. The van der Waals surface area contributed by atoms with Crippen molar-refractivity contribution in [3.05, 3.63) is 0 Å². The van der Waals surface area contributed by atoms with E-state index in [-0.39, 0.29) is 0 Å². The maximum atomic E-state index is 3.60. The van der Waals surface area contributed by atoms with E-state index in [1.54, 1.807) is 0 Å². The lowest BCUT2D eigenvalue weighted by atomic mass is 9.84. The zero-order chi connectivity index (χ0) is 9.90. The molecule has 0 aromatic carbocycles. The Morgan fingerprint density at radius 2 is 2.08 bits per heavy atom. The van der Waals surface area contributed by atoms with Gasteiger partial charge in [0, 0.05) is 11.4 Å². The monoisotopic (exact) mass is 247 g/mol. The van der Waals surface area contributed by atoms with Gasteiger partial charge in [-0.2, -0.15) is 0 Å². The standard InChI is InChI=1S/C11H22BrN/c1-11(2,9-12)8-10-6-4-5-7-13(10)3/h10H,4-9H2,1-3H3. The molecule has 0 spiro atoms. The van der Waals surface area contributed by atoms with Crippen molar-refractivity contribution in [2.75, 3.05) is 18.9 Å². The fraction of sp³-hybridized carbons (Fsp3) is 1.00. The van der Waals surface area contributed by atoms with E-state index in [1.165, 1.54) is 32.2 Å². The molecule has 0 aromatic heterocycles. The van der Waals surface area contributed by atoms with Crippen molar-refractivity contribution in [3.63, 3.8) is 0 Å². The Bertz CT molecular complexity index is 156. The lowest BCUT2D eigenvalue weighted by Gasteiger charge is -2.37. The first-order valence-corrected chi connectivity index (χ1v) is 6.43. The van der Waals surface area contributed by atoms with Gasteiger partial charge in [-0.15, -0.1) is 0 Å². The van der Waals surface area contributed by atoms with Crippen LogP contribution in [0.1, 0.15) is 39.5 Å². The third kappa shape index (κ3) is 3.59.